The topological polar surface area (TPSA) is 75.9 Å². The molecule has 0 aliphatic carbocycles. The third kappa shape index (κ3) is 3.57. The summed E-state index contributed by atoms with van der Waals surface area (Å²) in [6.07, 6.45) is 5.17. The van der Waals surface area contributed by atoms with Crippen LogP contribution in [-0.4, -0.2) is 40.0 Å². The van der Waals surface area contributed by atoms with Crippen molar-refractivity contribution in [3.8, 4) is 5.69 Å². The van der Waals surface area contributed by atoms with Gasteiger partial charge in [-0.15, -0.1) is 5.10 Å². The van der Waals surface area contributed by atoms with E-state index in [0.29, 0.717) is 17.8 Å². The van der Waals surface area contributed by atoms with Crippen molar-refractivity contribution in [1.82, 2.24) is 25.3 Å². The molecule has 122 valence electrons. The van der Waals surface area contributed by atoms with E-state index in [9.17, 15) is 4.79 Å². The minimum Gasteiger partial charge on any atom is -0.378 e. The number of nitrogens with one attached hydrogen (secondary N) is 1. The lowest BCUT2D eigenvalue weighted by Crippen LogP contribution is -2.23. The average molecular weight is 322 g/mol. The SMILES string of the molecule is CN(C)c1cccc(C(=O)NCc2cn(-c3cccnc3)nn2)c1. The van der Waals surface area contributed by atoms with E-state index < -0.39 is 0 Å². The highest BCUT2D eigenvalue weighted by Gasteiger charge is 2.09. The minimum absolute atomic E-state index is 0.144. The second kappa shape index (κ2) is 6.91. The first-order chi connectivity index (χ1) is 11.6. The maximum atomic E-state index is 12.3. The molecule has 1 aromatic carbocycles. The van der Waals surface area contributed by atoms with Crippen molar-refractivity contribution in [2.24, 2.45) is 0 Å². The van der Waals surface area contributed by atoms with Crippen molar-refractivity contribution in [3.63, 3.8) is 0 Å². The number of nitrogens with zero attached hydrogens (tertiary/aromatic N) is 5. The van der Waals surface area contributed by atoms with Gasteiger partial charge in [0, 0.05) is 31.5 Å². The lowest BCUT2D eigenvalue weighted by molar-refractivity contribution is 0.0950. The van der Waals surface area contributed by atoms with Crippen LogP contribution in [0.15, 0.2) is 55.0 Å². The summed E-state index contributed by atoms with van der Waals surface area (Å²) < 4.78 is 1.63. The average Bonchev–Trinajstić information content (AvgIpc) is 3.09. The van der Waals surface area contributed by atoms with Gasteiger partial charge in [0.15, 0.2) is 0 Å². The molecule has 2 heterocycles. The Morgan fingerprint density at radius 1 is 1.25 bits per heavy atom. The van der Waals surface area contributed by atoms with Crippen molar-refractivity contribution < 1.29 is 4.79 Å². The van der Waals surface area contributed by atoms with Crippen LogP contribution < -0.4 is 10.2 Å². The predicted molar refractivity (Wildman–Crippen MR) is 91.1 cm³/mol. The number of rotatable bonds is 5. The van der Waals surface area contributed by atoms with Gasteiger partial charge in [-0.2, -0.15) is 0 Å². The van der Waals surface area contributed by atoms with Crippen LogP contribution in [0.2, 0.25) is 0 Å². The van der Waals surface area contributed by atoms with Crippen molar-refractivity contribution >= 4 is 11.6 Å². The Morgan fingerprint density at radius 2 is 2.12 bits per heavy atom. The summed E-state index contributed by atoms with van der Waals surface area (Å²) >= 11 is 0. The van der Waals surface area contributed by atoms with Gasteiger partial charge in [0.2, 0.25) is 0 Å². The molecule has 0 aliphatic rings. The van der Waals surface area contributed by atoms with Crippen LogP contribution in [0.25, 0.3) is 5.69 Å². The van der Waals surface area contributed by atoms with Crippen LogP contribution in [0.3, 0.4) is 0 Å². The van der Waals surface area contributed by atoms with E-state index in [4.69, 9.17) is 0 Å². The van der Waals surface area contributed by atoms with Crippen LogP contribution >= 0.6 is 0 Å². The summed E-state index contributed by atoms with van der Waals surface area (Å²) in [7, 11) is 3.88. The van der Waals surface area contributed by atoms with Crippen LogP contribution in [0, 0.1) is 0 Å². The first-order valence-electron chi connectivity index (χ1n) is 7.51. The summed E-state index contributed by atoms with van der Waals surface area (Å²) in [6.45, 7) is 0.311. The number of aromatic nitrogens is 4. The van der Waals surface area contributed by atoms with Gasteiger partial charge in [-0.25, -0.2) is 4.68 Å². The number of benzene rings is 1. The van der Waals surface area contributed by atoms with Gasteiger partial charge in [0.05, 0.1) is 24.6 Å². The molecule has 0 unspecified atom stereocenters. The standard InChI is InChI=1S/C17H18N6O/c1-22(2)15-6-3-5-13(9-15)17(24)19-10-14-12-23(21-20-14)16-7-4-8-18-11-16/h3-9,11-12H,10H2,1-2H3,(H,19,24). The lowest BCUT2D eigenvalue weighted by atomic mass is 10.2. The maximum Gasteiger partial charge on any atom is 0.251 e. The zero-order valence-corrected chi connectivity index (χ0v) is 13.5. The Bertz CT molecular complexity index is 828. The molecule has 0 radical (unpaired) electrons. The normalized spacial score (nSPS) is 10.4. The quantitative estimate of drug-likeness (QED) is 0.773. The predicted octanol–water partition coefficient (Wildman–Crippen LogP) is 1.66. The number of anilines is 1. The molecule has 7 nitrogen and oxygen atoms in total. The van der Waals surface area contributed by atoms with Crippen molar-refractivity contribution in [2.75, 3.05) is 19.0 Å². The van der Waals surface area contributed by atoms with Gasteiger partial charge in [-0.3, -0.25) is 9.78 Å². The summed E-state index contributed by atoms with van der Waals surface area (Å²) in [4.78, 5) is 18.3. The Hall–Kier alpha value is -3.22. The molecular formula is C17H18N6O. The highest BCUT2D eigenvalue weighted by molar-refractivity contribution is 5.95. The number of carbonyl (C=O) groups excluding carboxylic acids is 1. The summed E-state index contributed by atoms with van der Waals surface area (Å²) in [6, 6.07) is 11.2. The number of hydrogen-bond donors (Lipinski definition) is 1. The Balaban J connectivity index is 1.65. The monoisotopic (exact) mass is 322 g/mol. The molecule has 3 rings (SSSR count). The summed E-state index contributed by atoms with van der Waals surface area (Å²) in [5.41, 5.74) is 3.09. The molecule has 0 saturated carbocycles. The van der Waals surface area contributed by atoms with Gasteiger partial charge in [-0.1, -0.05) is 11.3 Å². The van der Waals surface area contributed by atoms with Crippen LogP contribution in [-0.2, 0) is 6.54 Å². The second-order valence-electron chi connectivity index (χ2n) is 5.49. The zero-order chi connectivity index (χ0) is 16.9. The molecule has 1 N–H and O–H groups in total. The Kier molecular flexibility index (Phi) is 4.51. The smallest absolute Gasteiger partial charge is 0.251 e. The molecule has 2 aromatic heterocycles. The molecule has 0 fully saturated rings. The highest BCUT2D eigenvalue weighted by Crippen LogP contribution is 2.13. The van der Waals surface area contributed by atoms with Gasteiger partial charge in [0.25, 0.3) is 5.91 Å². The van der Waals surface area contributed by atoms with E-state index in [1.165, 1.54) is 0 Å². The maximum absolute atomic E-state index is 12.3. The first-order valence-corrected chi connectivity index (χ1v) is 7.51. The molecule has 3 aromatic rings. The van der Waals surface area contributed by atoms with E-state index in [1.54, 1.807) is 29.3 Å². The van der Waals surface area contributed by atoms with E-state index in [0.717, 1.165) is 11.4 Å². The molecule has 0 aliphatic heterocycles. The molecule has 0 bridgehead atoms. The molecule has 24 heavy (non-hydrogen) atoms. The Labute approximate surface area is 139 Å². The molecular weight excluding hydrogens is 304 g/mol. The largest absolute Gasteiger partial charge is 0.378 e. The number of amides is 1. The molecule has 0 saturated heterocycles. The van der Waals surface area contributed by atoms with E-state index >= 15 is 0 Å². The fourth-order valence-electron chi connectivity index (χ4n) is 2.19. The third-order valence-corrected chi connectivity index (χ3v) is 3.51. The minimum atomic E-state index is -0.144. The fourth-order valence-corrected chi connectivity index (χ4v) is 2.19. The molecule has 0 atom stereocenters. The number of hydrogen-bond acceptors (Lipinski definition) is 5. The summed E-state index contributed by atoms with van der Waals surface area (Å²) in [5, 5.41) is 11.0. The number of pyridine rings is 1. The third-order valence-electron chi connectivity index (χ3n) is 3.51. The van der Waals surface area contributed by atoms with Crippen LogP contribution in [0.4, 0.5) is 5.69 Å². The zero-order valence-electron chi connectivity index (χ0n) is 13.5. The van der Waals surface area contributed by atoms with Gasteiger partial charge >= 0.3 is 0 Å². The van der Waals surface area contributed by atoms with Gasteiger partial charge in [0.1, 0.15) is 5.69 Å². The fraction of sp³-hybridized carbons (Fsp3) is 0.176. The second-order valence-corrected chi connectivity index (χ2v) is 5.49. The lowest BCUT2D eigenvalue weighted by Gasteiger charge is -2.13. The van der Waals surface area contributed by atoms with E-state index in [1.807, 2.05) is 49.3 Å². The number of carbonyl (C=O) groups is 1. The van der Waals surface area contributed by atoms with Gasteiger partial charge in [-0.05, 0) is 30.3 Å². The van der Waals surface area contributed by atoms with E-state index in [-0.39, 0.29) is 5.91 Å². The molecule has 1 amide bonds. The van der Waals surface area contributed by atoms with Crippen LogP contribution in [0.1, 0.15) is 16.1 Å². The summed E-state index contributed by atoms with van der Waals surface area (Å²) in [5.74, 6) is -0.144. The van der Waals surface area contributed by atoms with Crippen molar-refractivity contribution in [3.05, 3.63) is 66.2 Å². The van der Waals surface area contributed by atoms with Crippen molar-refractivity contribution in [2.45, 2.75) is 6.54 Å². The van der Waals surface area contributed by atoms with Crippen molar-refractivity contribution in [1.29, 1.82) is 0 Å². The molecule has 0 spiro atoms. The van der Waals surface area contributed by atoms with Crippen LogP contribution in [0.5, 0.6) is 0 Å². The van der Waals surface area contributed by atoms with E-state index in [2.05, 4.69) is 20.6 Å². The Morgan fingerprint density at radius 3 is 2.88 bits per heavy atom. The van der Waals surface area contributed by atoms with Gasteiger partial charge < -0.3 is 10.2 Å². The first kappa shape index (κ1) is 15.7. The highest BCUT2D eigenvalue weighted by atomic mass is 16.1. The molecule has 7 heteroatoms.